The predicted octanol–water partition coefficient (Wildman–Crippen LogP) is 0.590. The number of nitrogens with two attached hydrogens (primary N) is 1. The monoisotopic (exact) mass is 199 g/mol. The lowest BCUT2D eigenvalue weighted by atomic mass is 9.82. The molecule has 2 aliphatic rings. The van der Waals surface area contributed by atoms with Crippen LogP contribution in [-0.4, -0.2) is 30.3 Å². The zero-order valence-corrected chi connectivity index (χ0v) is 8.54. The lowest BCUT2D eigenvalue weighted by Gasteiger charge is -2.21. The fourth-order valence-corrected chi connectivity index (χ4v) is 2.48. The molecule has 0 aromatic rings. The van der Waals surface area contributed by atoms with Crippen LogP contribution in [-0.2, 0) is 14.3 Å². The molecule has 2 N–H and O–H groups in total. The molecule has 0 atom stereocenters. The van der Waals surface area contributed by atoms with Gasteiger partial charge in [0.1, 0.15) is 0 Å². The second kappa shape index (κ2) is 3.21. The predicted molar refractivity (Wildman–Crippen MR) is 50.7 cm³/mol. The summed E-state index contributed by atoms with van der Waals surface area (Å²) in [4.78, 5) is 11.7. The largest absolute Gasteiger partial charge is 0.464 e. The number of fused-ring (bicyclic) bond motifs is 2. The number of ether oxygens (including phenoxy) is 2. The van der Waals surface area contributed by atoms with Gasteiger partial charge in [0.05, 0.1) is 12.2 Å². The lowest BCUT2D eigenvalue weighted by Crippen LogP contribution is -2.38. The summed E-state index contributed by atoms with van der Waals surface area (Å²) in [6.07, 6.45) is 3.32. The minimum atomic E-state index is -0.657. The van der Waals surface area contributed by atoms with E-state index in [0.29, 0.717) is 13.2 Å². The molecule has 0 radical (unpaired) electrons. The molecule has 0 unspecified atom stereocenters. The zero-order valence-electron chi connectivity index (χ0n) is 8.54. The van der Waals surface area contributed by atoms with Crippen molar-refractivity contribution in [2.75, 3.05) is 13.2 Å². The van der Waals surface area contributed by atoms with E-state index >= 15 is 0 Å². The maximum Gasteiger partial charge on any atom is 0.338 e. The van der Waals surface area contributed by atoms with Gasteiger partial charge in [-0.25, -0.2) is 4.79 Å². The van der Waals surface area contributed by atoms with Gasteiger partial charge in [0.15, 0.2) is 5.60 Å². The van der Waals surface area contributed by atoms with Crippen molar-refractivity contribution in [2.45, 2.75) is 43.8 Å². The molecule has 2 saturated heterocycles. The van der Waals surface area contributed by atoms with Crippen LogP contribution in [0.3, 0.4) is 0 Å². The number of rotatable bonds is 3. The van der Waals surface area contributed by atoms with Crippen LogP contribution in [0.15, 0.2) is 0 Å². The second-order valence-electron chi connectivity index (χ2n) is 4.20. The first-order valence-electron chi connectivity index (χ1n) is 5.24. The molecule has 0 aromatic carbocycles. The summed E-state index contributed by atoms with van der Waals surface area (Å²) in [5.74, 6) is -0.201. The van der Waals surface area contributed by atoms with Gasteiger partial charge >= 0.3 is 5.97 Å². The van der Waals surface area contributed by atoms with Crippen LogP contribution in [0.25, 0.3) is 0 Å². The summed E-state index contributed by atoms with van der Waals surface area (Å²) in [5, 5.41) is 0. The van der Waals surface area contributed by atoms with Crippen LogP contribution in [0.1, 0.15) is 32.6 Å². The average Bonchev–Trinajstić information content (AvgIpc) is 2.76. The fourth-order valence-electron chi connectivity index (χ4n) is 2.48. The molecule has 2 heterocycles. The first-order chi connectivity index (χ1) is 6.66. The molecule has 2 bridgehead atoms. The summed E-state index contributed by atoms with van der Waals surface area (Å²) in [6.45, 7) is 2.74. The molecule has 0 saturated carbocycles. The van der Waals surface area contributed by atoms with E-state index in [-0.39, 0.29) is 11.6 Å². The molecule has 4 nitrogen and oxygen atoms in total. The molecular weight excluding hydrogens is 182 g/mol. The summed E-state index contributed by atoms with van der Waals surface area (Å²) in [5.41, 5.74) is 4.78. The minimum absolute atomic E-state index is 0.201. The van der Waals surface area contributed by atoms with Crippen LogP contribution >= 0.6 is 0 Å². The minimum Gasteiger partial charge on any atom is -0.464 e. The Morgan fingerprint density at radius 2 is 2.07 bits per heavy atom. The summed E-state index contributed by atoms with van der Waals surface area (Å²) >= 11 is 0. The highest BCUT2D eigenvalue weighted by Crippen LogP contribution is 2.50. The van der Waals surface area contributed by atoms with Gasteiger partial charge in [-0.15, -0.1) is 0 Å². The van der Waals surface area contributed by atoms with Gasteiger partial charge < -0.3 is 15.2 Å². The molecular formula is C10H17NO3. The standard InChI is InChI=1S/C10H17NO3/c1-2-13-8(12)10-5-3-9(7-11,14-10)4-6-10/h2-7,11H2,1H3. The molecule has 0 amide bonds. The molecule has 2 rings (SSSR count). The fraction of sp³-hybridized carbons (Fsp3) is 0.900. The SMILES string of the molecule is CCOC(=O)C12CCC(CN)(CC1)O2. The first kappa shape index (κ1) is 9.93. The van der Waals surface area contributed by atoms with E-state index in [1.54, 1.807) is 0 Å². The molecule has 14 heavy (non-hydrogen) atoms. The number of carbonyl (C=O) groups excluding carboxylic acids is 1. The van der Waals surface area contributed by atoms with Crippen LogP contribution in [0.4, 0.5) is 0 Å². The molecule has 2 aliphatic heterocycles. The molecule has 0 aliphatic carbocycles. The Morgan fingerprint density at radius 1 is 1.43 bits per heavy atom. The highest BCUT2D eigenvalue weighted by Gasteiger charge is 2.59. The van der Waals surface area contributed by atoms with Crippen molar-refractivity contribution in [3.05, 3.63) is 0 Å². The Kier molecular flexibility index (Phi) is 2.27. The Hall–Kier alpha value is -0.610. The maximum absolute atomic E-state index is 11.7. The number of hydrogen-bond acceptors (Lipinski definition) is 4. The number of carbonyl (C=O) groups is 1. The maximum atomic E-state index is 11.7. The molecule has 0 spiro atoms. The van der Waals surface area contributed by atoms with Gasteiger partial charge in [0, 0.05) is 6.54 Å². The second-order valence-corrected chi connectivity index (χ2v) is 4.20. The molecule has 4 heteroatoms. The van der Waals surface area contributed by atoms with Crippen LogP contribution < -0.4 is 5.73 Å². The van der Waals surface area contributed by atoms with Gasteiger partial charge in [-0.3, -0.25) is 0 Å². The van der Waals surface area contributed by atoms with Crippen molar-refractivity contribution in [3.8, 4) is 0 Å². The van der Waals surface area contributed by atoms with Gasteiger partial charge in [-0.05, 0) is 32.6 Å². The van der Waals surface area contributed by atoms with Crippen molar-refractivity contribution in [2.24, 2.45) is 5.73 Å². The summed E-state index contributed by atoms with van der Waals surface area (Å²) in [7, 11) is 0. The third-order valence-electron chi connectivity index (χ3n) is 3.40. The smallest absolute Gasteiger partial charge is 0.338 e. The Morgan fingerprint density at radius 3 is 2.50 bits per heavy atom. The van der Waals surface area contributed by atoms with Crippen molar-refractivity contribution in [1.29, 1.82) is 0 Å². The normalized spacial score (nSPS) is 40.1. The molecule has 80 valence electrons. The Bertz CT molecular complexity index is 244. The summed E-state index contributed by atoms with van der Waals surface area (Å²) in [6, 6.07) is 0. The van der Waals surface area contributed by atoms with E-state index in [1.807, 2.05) is 6.92 Å². The highest BCUT2D eigenvalue weighted by molar-refractivity contribution is 5.80. The van der Waals surface area contributed by atoms with E-state index in [9.17, 15) is 4.79 Å². The quantitative estimate of drug-likeness (QED) is 0.676. The first-order valence-corrected chi connectivity index (χ1v) is 5.24. The van der Waals surface area contributed by atoms with Gasteiger partial charge in [0.2, 0.25) is 0 Å². The van der Waals surface area contributed by atoms with Crippen LogP contribution in [0, 0.1) is 0 Å². The summed E-state index contributed by atoms with van der Waals surface area (Å²) < 4.78 is 10.8. The highest BCUT2D eigenvalue weighted by atomic mass is 16.6. The van der Waals surface area contributed by atoms with Gasteiger partial charge in [0.25, 0.3) is 0 Å². The average molecular weight is 199 g/mol. The number of esters is 1. The van der Waals surface area contributed by atoms with Gasteiger partial charge in [-0.2, -0.15) is 0 Å². The Labute approximate surface area is 83.7 Å². The van der Waals surface area contributed by atoms with E-state index in [1.165, 1.54) is 0 Å². The van der Waals surface area contributed by atoms with Crippen molar-refractivity contribution in [1.82, 2.24) is 0 Å². The lowest BCUT2D eigenvalue weighted by molar-refractivity contribution is -0.168. The number of hydrogen-bond donors (Lipinski definition) is 1. The molecule has 2 fully saturated rings. The van der Waals surface area contributed by atoms with E-state index in [0.717, 1.165) is 25.7 Å². The van der Waals surface area contributed by atoms with Gasteiger partial charge in [-0.1, -0.05) is 0 Å². The van der Waals surface area contributed by atoms with Crippen LogP contribution in [0.2, 0.25) is 0 Å². The third kappa shape index (κ3) is 1.25. The van der Waals surface area contributed by atoms with Crippen LogP contribution in [0.5, 0.6) is 0 Å². The van der Waals surface area contributed by atoms with Crippen molar-refractivity contribution >= 4 is 5.97 Å². The topological polar surface area (TPSA) is 61.5 Å². The molecule has 0 aromatic heterocycles. The zero-order chi connectivity index (χ0) is 10.2. The Balaban J connectivity index is 2.10. The van der Waals surface area contributed by atoms with E-state index in [2.05, 4.69) is 0 Å². The van der Waals surface area contributed by atoms with Crippen molar-refractivity contribution < 1.29 is 14.3 Å². The van der Waals surface area contributed by atoms with E-state index < -0.39 is 5.60 Å². The van der Waals surface area contributed by atoms with E-state index in [4.69, 9.17) is 15.2 Å². The van der Waals surface area contributed by atoms with Crippen molar-refractivity contribution in [3.63, 3.8) is 0 Å². The third-order valence-corrected chi connectivity index (χ3v) is 3.40.